The first-order valence-electron chi connectivity index (χ1n) is 5.19. The van der Waals surface area contributed by atoms with Gasteiger partial charge in [-0.05, 0) is 6.92 Å². The van der Waals surface area contributed by atoms with Gasteiger partial charge < -0.3 is 10.7 Å². The van der Waals surface area contributed by atoms with Crippen molar-refractivity contribution in [1.82, 2.24) is 19.7 Å². The molecule has 0 atom stereocenters. The fourth-order valence-corrected chi connectivity index (χ4v) is 2.50. The molecule has 2 aromatic rings. The fraction of sp³-hybridized carbons (Fsp3) is 0.333. The number of aromatic amines is 1. The lowest BCUT2D eigenvalue weighted by Crippen LogP contribution is -2.15. The summed E-state index contributed by atoms with van der Waals surface area (Å²) in [5, 5.41) is 4.01. The summed E-state index contributed by atoms with van der Waals surface area (Å²) >= 11 is 0. The number of hydrogen-bond acceptors (Lipinski definition) is 5. The molecule has 2 rings (SSSR count). The van der Waals surface area contributed by atoms with E-state index in [1.54, 1.807) is 20.2 Å². The standard InChI is InChI=1S/C9H14N6O2S/c1-6-11-4-8(12-6)18(16,17)14-9-7(3-10)5-15(2)13-9/h4-5H,3,10H2,1-2H3,(H,11,12)(H,13,14). The average molecular weight is 270 g/mol. The van der Waals surface area contributed by atoms with Gasteiger partial charge in [0.05, 0.1) is 6.20 Å². The molecule has 0 radical (unpaired) electrons. The van der Waals surface area contributed by atoms with E-state index in [-0.39, 0.29) is 17.4 Å². The number of hydrogen-bond donors (Lipinski definition) is 3. The van der Waals surface area contributed by atoms with Crippen LogP contribution in [0.2, 0.25) is 0 Å². The third-order valence-electron chi connectivity index (χ3n) is 2.32. The number of sulfonamides is 1. The predicted octanol–water partition coefficient (Wildman–Crippen LogP) is -0.289. The Morgan fingerprint density at radius 1 is 1.56 bits per heavy atom. The van der Waals surface area contributed by atoms with Gasteiger partial charge in [0.25, 0.3) is 10.0 Å². The van der Waals surface area contributed by atoms with E-state index in [4.69, 9.17) is 5.73 Å². The minimum Gasteiger partial charge on any atom is -0.332 e. The van der Waals surface area contributed by atoms with Gasteiger partial charge in [-0.2, -0.15) is 13.5 Å². The minimum atomic E-state index is -3.71. The highest BCUT2D eigenvalue weighted by Crippen LogP contribution is 2.16. The molecule has 2 heterocycles. The van der Waals surface area contributed by atoms with Crippen LogP contribution >= 0.6 is 0 Å². The highest BCUT2D eigenvalue weighted by atomic mass is 32.2. The summed E-state index contributed by atoms with van der Waals surface area (Å²) in [4.78, 5) is 6.50. The molecule has 0 aliphatic heterocycles. The summed E-state index contributed by atoms with van der Waals surface area (Å²) in [5.74, 6) is 0.752. The Labute approximate surface area is 104 Å². The predicted molar refractivity (Wildman–Crippen MR) is 65.2 cm³/mol. The van der Waals surface area contributed by atoms with Gasteiger partial charge in [-0.25, -0.2) is 4.98 Å². The summed E-state index contributed by atoms with van der Waals surface area (Å²) in [5.41, 5.74) is 6.14. The van der Waals surface area contributed by atoms with Crippen molar-refractivity contribution in [3.05, 3.63) is 23.8 Å². The van der Waals surface area contributed by atoms with Gasteiger partial charge in [-0.3, -0.25) is 9.40 Å². The molecule has 18 heavy (non-hydrogen) atoms. The van der Waals surface area contributed by atoms with Crippen LogP contribution in [-0.2, 0) is 23.6 Å². The number of rotatable bonds is 4. The van der Waals surface area contributed by atoms with Crippen LogP contribution < -0.4 is 10.5 Å². The highest BCUT2D eigenvalue weighted by molar-refractivity contribution is 7.92. The van der Waals surface area contributed by atoms with Crippen molar-refractivity contribution in [3.8, 4) is 0 Å². The molecule has 2 aromatic heterocycles. The highest BCUT2D eigenvalue weighted by Gasteiger charge is 2.19. The average Bonchev–Trinajstić information content (AvgIpc) is 2.84. The van der Waals surface area contributed by atoms with Gasteiger partial charge >= 0.3 is 0 Å². The molecule has 4 N–H and O–H groups in total. The molecule has 0 fully saturated rings. The second kappa shape index (κ2) is 4.42. The van der Waals surface area contributed by atoms with E-state index in [1.165, 1.54) is 10.9 Å². The fourth-order valence-electron chi connectivity index (χ4n) is 1.49. The number of anilines is 1. The van der Waals surface area contributed by atoms with E-state index < -0.39 is 10.0 Å². The topological polar surface area (TPSA) is 119 Å². The van der Waals surface area contributed by atoms with Crippen molar-refractivity contribution in [2.24, 2.45) is 12.8 Å². The van der Waals surface area contributed by atoms with Crippen molar-refractivity contribution in [2.75, 3.05) is 4.72 Å². The van der Waals surface area contributed by atoms with Crippen LogP contribution in [0.15, 0.2) is 17.4 Å². The molecule has 0 bridgehead atoms. The van der Waals surface area contributed by atoms with Crippen LogP contribution in [-0.4, -0.2) is 28.2 Å². The van der Waals surface area contributed by atoms with Crippen LogP contribution in [0.4, 0.5) is 5.82 Å². The smallest absolute Gasteiger partial charge is 0.280 e. The molecular formula is C9H14N6O2S. The van der Waals surface area contributed by atoms with E-state index >= 15 is 0 Å². The number of aryl methyl sites for hydroxylation is 2. The second-order valence-corrected chi connectivity index (χ2v) is 5.47. The molecule has 0 spiro atoms. The van der Waals surface area contributed by atoms with E-state index in [1.807, 2.05) is 0 Å². The van der Waals surface area contributed by atoms with Gasteiger partial charge in [0.1, 0.15) is 5.82 Å². The number of imidazole rings is 1. The molecule has 0 aliphatic rings. The largest absolute Gasteiger partial charge is 0.332 e. The monoisotopic (exact) mass is 270 g/mol. The Morgan fingerprint density at radius 2 is 2.28 bits per heavy atom. The number of aromatic nitrogens is 4. The lowest BCUT2D eigenvalue weighted by atomic mass is 10.3. The van der Waals surface area contributed by atoms with Crippen LogP contribution in [0.3, 0.4) is 0 Å². The van der Waals surface area contributed by atoms with Crippen LogP contribution in [0, 0.1) is 6.92 Å². The normalized spacial score (nSPS) is 11.7. The Kier molecular flexibility index (Phi) is 3.09. The first-order valence-corrected chi connectivity index (χ1v) is 6.67. The maximum atomic E-state index is 12.0. The van der Waals surface area contributed by atoms with Crippen molar-refractivity contribution >= 4 is 15.8 Å². The molecule has 0 unspecified atom stereocenters. The molecular weight excluding hydrogens is 256 g/mol. The Hall–Kier alpha value is -1.87. The maximum Gasteiger partial charge on any atom is 0.280 e. The Morgan fingerprint density at radius 3 is 2.83 bits per heavy atom. The van der Waals surface area contributed by atoms with Gasteiger partial charge in [-0.15, -0.1) is 0 Å². The molecule has 9 heteroatoms. The second-order valence-electron chi connectivity index (χ2n) is 3.82. The summed E-state index contributed by atoms with van der Waals surface area (Å²) in [7, 11) is -2.02. The number of nitrogens with two attached hydrogens (primary N) is 1. The van der Waals surface area contributed by atoms with Gasteiger partial charge in [0.2, 0.25) is 0 Å². The summed E-state index contributed by atoms with van der Waals surface area (Å²) in [6.45, 7) is 1.87. The van der Waals surface area contributed by atoms with E-state index in [0.717, 1.165) is 0 Å². The Bertz CT molecular complexity index is 656. The van der Waals surface area contributed by atoms with Crippen LogP contribution in [0.25, 0.3) is 0 Å². The third-order valence-corrected chi connectivity index (χ3v) is 3.57. The van der Waals surface area contributed by atoms with E-state index in [9.17, 15) is 8.42 Å². The lowest BCUT2D eigenvalue weighted by Gasteiger charge is -2.04. The van der Waals surface area contributed by atoms with Crippen molar-refractivity contribution in [3.63, 3.8) is 0 Å². The first-order chi connectivity index (χ1) is 8.42. The Balaban J connectivity index is 2.33. The van der Waals surface area contributed by atoms with Crippen LogP contribution in [0.5, 0.6) is 0 Å². The van der Waals surface area contributed by atoms with Crippen molar-refractivity contribution in [1.29, 1.82) is 0 Å². The van der Waals surface area contributed by atoms with Crippen molar-refractivity contribution < 1.29 is 8.42 Å². The molecule has 98 valence electrons. The van der Waals surface area contributed by atoms with Crippen molar-refractivity contribution in [2.45, 2.75) is 18.5 Å². The van der Waals surface area contributed by atoms with E-state index in [2.05, 4.69) is 19.8 Å². The molecule has 0 saturated heterocycles. The quantitative estimate of drug-likeness (QED) is 0.705. The summed E-state index contributed by atoms with van der Waals surface area (Å²) in [6.07, 6.45) is 2.92. The third kappa shape index (κ3) is 2.36. The van der Waals surface area contributed by atoms with Gasteiger partial charge in [0, 0.05) is 25.4 Å². The molecule has 0 saturated carbocycles. The molecule has 0 aliphatic carbocycles. The summed E-state index contributed by atoms with van der Waals surface area (Å²) in [6, 6.07) is 0. The zero-order chi connectivity index (χ0) is 13.3. The molecule has 0 amide bonds. The zero-order valence-corrected chi connectivity index (χ0v) is 10.8. The first kappa shape index (κ1) is 12.6. The minimum absolute atomic E-state index is 0.00590. The molecule has 0 aromatic carbocycles. The zero-order valence-electron chi connectivity index (χ0n) is 10.0. The summed E-state index contributed by atoms with van der Waals surface area (Å²) < 4.78 is 27.9. The maximum absolute atomic E-state index is 12.0. The number of H-pyrrole nitrogens is 1. The number of nitrogens with one attached hydrogen (secondary N) is 2. The molecule has 8 nitrogen and oxygen atoms in total. The van der Waals surface area contributed by atoms with Gasteiger partial charge in [0.15, 0.2) is 10.8 Å². The van der Waals surface area contributed by atoms with Gasteiger partial charge in [-0.1, -0.05) is 0 Å². The van der Waals surface area contributed by atoms with Crippen LogP contribution in [0.1, 0.15) is 11.4 Å². The van der Waals surface area contributed by atoms with E-state index in [0.29, 0.717) is 11.4 Å². The number of nitrogens with zero attached hydrogens (tertiary/aromatic N) is 3. The SMILES string of the molecule is Cc1ncc(S(=O)(=O)Nc2nn(C)cc2CN)[nH]1. The lowest BCUT2D eigenvalue weighted by molar-refractivity contribution is 0.597.